The summed E-state index contributed by atoms with van der Waals surface area (Å²) in [7, 11) is 1.70. The van der Waals surface area contributed by atoms with E-state index in [2.05, 4.69) is 60.5 Å². The maximum absolute atomic E-state index is 5.90. The van der Waals surface area contributed by atoms with E-state index in [1.807, 2.05) is 6.07 Å². The SMILES string of the molecule is COc1cc(C2NCCc3c2[nH]c2ccccc32)ccc1OCC(C)C. The van der Waals surface area contributed by atoms with Gasteiger partial charge in [0.2, 0.25) is 0 Å². The van der Waals surface area contributed by atoms with Crippen LogP contribution in [0.25, 0.3) is 10.9 Å². The molecule has 0 spiro atoms. The van der Waals surface area contributed by atoms with Gasteiger partial charge < -0.3 is 19.8 Å². The molecule has 4 nitrogen and oxygen atoms in total. The summed E-state index contributed by atoms with van der Waals surface area (Å²) in [6.45, 7) is 5.94. The van der Waals surface area contributed by atoms with Gasteiger partial charge in [-0.15, -0.1) is 0 Å². The standard InChI is InChI=1S/C22H26N2O2/c1-14(2)13-26-19-9-8-15(12-20(19)25-3)21-22-17(10-11-23-21)16-6-4-5-7-18(16)24-22/h4-9,12,14,21,23-24H,10-11,13H2,1-3H3. The van der Waals surface area contributed by atoms with Crippen molar-refractivity contribution in [2.24, 2.45) is 5.92 Å². The second kappa shape index (κ2) is 7.04. The molecular weight excluding hydrogens is 324 g/mol. The minimum Gasteiger partial charge on any atom is -0.493 e. The first-order chi connectivity index (χ1) is 12.7. The van der Waals surface area contributed by atoms with Crippen molar-refractivity contribution in [1.82, 2.24) is 10.3 Å². The molecular formula is C22H26N2O2. The van der Waals surface area contributed by atoms with Gasteiger partial charge in [-0.1, -0.05) is 38.1 Å². The number of ether oxygens (including phenoxy) is 2. The van der Waals surface area contributed by atoms with E-state index in [4.69, 9.17) is 9.47 Å². The minimum absolute atomic E-state index is 0.138. The summed E-state index contributed by atoms with van der Waals surface area (Å²) in [5, 5.41) is 4.98. The minimum atomic E-state index is 0.138. The predicted molar refractivity (Wildman–Crippen MR) is 105 cm³/mol. The van der Waals surface area contributed by atoms with E-state index in [0.29, 0.717) is 12.5 Å². The highest BCUT2D eigenvalue weighted by Crippen LogP contribution is 2.37. The third-order valence-corrected chi connectivity index (χ3v) is 4.95. The molecule has 1 atom stereocenters. The lowest BCUT2D eigenvalue weighted by Crippen LogP contribution is -2.30. The molecule has 0 saturated heterocycles. The molecule has 0 saturated carbocycles. The van der Waals surface area contributed by atoms with Crippen LogP contribution in [0.4, 0.5) is 0 Å². The number of hydrogen-bond acceptors (Lipinski definition) is 3. The van der Waals surface area contributed by atoms with E-state index in [0.717, 1.165) is 24.5 Å². The Hall–Kier alpha value is -2.46. The highest BCUT2D eigenvalue weighted by Gasteiger charge is 2.25. The molecule has 0 bridgehead atoms. The molecule has 4 heteroatoms. The summed E-state index contributed by atoms with van der Waals surface area (Å²) in [6, 6.07) is 14.9. The summed E-state index contributed by atoms with van der Waals surface area (Å²) in [6.07, 6.45) is 1.04. The second-order valence-electron chi connectivity index (χ2n) is 7.32. The largest absolute Gasteiger partial charge is 0.493 e. The van der Waals surface area contributed by atoms with E-state index >= 15 is 0 Å². The Morgan fingerprint density at radius 2 is 1.96 bits per heavy atom. The molecule has 4 rings (SSSR count). The van der Waals surface area contributed by atoms with Gasteiger partial charge >= 0.3 is 0 Å². The summed E-state index contributed by atoms with van der Waals surface area (Å²) in [5.74, 6) is 2.07. The number of hydrogen-bond donors (Lipinski definition) is 2. The summed E-state index contributed by atoms with van der Waals surface area (Å²) in [4.78, 5) is 3.62. The maximum Gasteiger partial charge on any atom is 0.161 e. The molecule has 0 amide bonds. The number of benzene rings is 2. The van der Waals surface area contributed by atoms with Crippen LogP contribution in [0.3, 0.4) is 0 Å². The lowest BCUT2D eigenvalue weighted by Gasteiger charge is -2.25. The molecule has 1 aromatic heterocycles. The molecule has 2 aromatic carbocycles. The van der Waals surface area contributed by atoms with Crippen molar-refractivity contribution >= 4 is 10.9 Å². The molecule has 2 N–H and O–H groups in total. The number of methoxy groups -OCH3 is 1. The summed E-state index contributed by atoms with van der Waals surface area (Å²) >= 11 is 0. The molecule has 1 unspecified atom stereocenters. The van der Waals surface area contributed by atoms with Crippen LogP contribution in [0.2, 0.25) is 0 Å². The third kappa shape index (κ3) is 3.06. The van der Waals surface area contributed by atoms with Gasteiger partial charge in [-0.3, -0.25) is 0 Å². The van der Waals surface area contributed by atoms with Crippen molar-refractivity contribution in [3.05, 3.63) is 59.3 Å². The van der Waals surface area contributed by atoms with E-state index in [1.165, 1.54) is 27.7 Å². The fourth-order valence-corrected chi connectivity index (χ4v) is 3.70. The van der Waals surface area contributed by atoms with Crippen LogP contribution in [-0.4, -0.2) is 25.2 Å². The zero-order valence-electron chi connectivity index (χ0n) is 15.6. The number of H-pyrrole nitrogens is 1. The first-order valence-electron chi connectivity index (χ1n) is 9.31. The molecule has 136 valence electrons. The van der Waals surface area contributed by atoms with Crippen LogP contribution < -0.4 is 14.8 Å². The molecule has 0 radical (unpaired) electrons. The molecule has 1 aliphatic rings. The fourth-order valence-electron chi connectivity index (χ4n) is 3.70. The van der Waals surface area contributed by atoms with E-state index in [-0.39, 0.29) is 6.04 Å². The number of fused-ring (bicyclic) bond motifs is 3. The third-order valence-electron chi connectivity index (χ3n) is 4.95. The number of nitrogens with one attached hydrogen (secondary N) is 2. The molecule has 0 aliphatic carbocycles. The molecule has 1 aliphatic heterocycles. The van der Waals surface area contributed by atoms with Crippen molar-refractivity contribution in [3.8, 4) is 11.5 Å². The van der Waals surface area contributed by atoms with Crippen molar-refractivity contribution in [2.75, 3.05) is 20.3 Å². The smallest absolute Gasteiger partial charge is 0.161 e. The van der Waals surface area contributed by atoms with Crippen LogP contribution in [0, 0.1) is 5.92 Å². The van der Waals surface area contributed by atoms with Crippen LogP contribution in [0.1, 0.15) is 36.7 Å². The molecule has 0 fully saturated rings. The Bertz CT molecular complexity index is 914. The van der Waals surface area contributed by atoms with Gasteiger partial charge in [-0.05, 0) is 41.7 Å². The molecule has 26 heavy (non-hydrogen) atoms. The van der Waals surface area contributed by atoms with Gasteiger partial charge in [0, 0.05) is 23.1 Å². The van der Waals surface area contributed by atoms with Gasteiger partial charge in [0.1, 0.15) is 0 Å². The quantitative estimate of drug-likeness (QED) is 0.715. The van der Waals surface area contributed by atoms with Crippen molar-refractivity contribution < 1.29 is 9.47 Å². The van der Waals surface area contributed by atoms with Crippen molar-refractivity contribution in [2.45, 2.75) is 26.3 Å². The number of rotatable bonds is 5. The Morgan fingerprint density at radius 3 is 2.77 bits per heavy atom. The zero-order chi connectivity index (χ0) is 18.1. The lowest BCUT2D eigenvalue weighted by atomic mass is 9.94. The van der Waals surface area contributed by atoms with Gasteiger partial charge in [0.15, 0.2) is 11.5 Å². The Kier molecular flexibility index (Phi) is 4.60. The first kappa shape index (κ1) is 17.0. The number of para-hydroxylation sites is 1. The lowest BCUT2D eigenvalue weighted by molar-refractivity contribution is 0.256. The normalized spacial score (nSPS) is 16.7. The van der Waals surface area contributed by atoms with Gasteiger partial charge in [-0.2, -0.15) is 0 Å². The van der Waals surface area contributed by atoms with Gasteiger partial charge in [0.05, 0.1) is 19.8 Å². The van der Waals surface area contributed by atoms with Crippen molar-refractivity contribution in [1.29, 1.82) is 0 Å². The van der Waals surface area contributed by atoms with Gasteiger partial charge in [0.25, 0.3) is 0 Å². The molecule has 3 aromatic rings. The number of aromatic amines is 1. The van der Waals surface area contributed by atoms with Crippen molar-refractivity contribution in [3.63, 3.8) is 0 Å². The summed E-state index contributed by atoms with van der Waals surface area (Å²) in [5.41, 5.74) is 5.07. The Balaban J connectivity index is 1.70. The monoisotopic (exact) mass is 350 g/mol. The topological polar surface area (TPSA) is 46.3 Å². The Morgan fingerprint density at radius 1 is 1.12 bits per heavy atom. The van der Waals surface area contributed by atoms with Crippen LogP contribution in [0.15, 0.2) is 42.5 Å². The average Bonchev–Trinajstić information content (AvgIpc) is 3.05. The number of aromatic nitrogens is 1. The average molecular weight is 350 g/mol. The Labute approximate surface area is 154 Å². The van der Waals surface area contributed by atoms with Crippen LogP contribution in [-0.2, 0) is 6.42 Å². The maximum atomic E-state index is 5.90. The first-order valence-corrected chi connectivity index (χ1v) is 9.31. The predicted octanol–water partition coefficient (Wildman–Crippen LogP) is 4.45. The second-order valence-corrected chi connectivity index (χ2v) is 7.32. The summed E-state index contributed by atoms with van der Waals surface area (Å²) < 4.78 is 11.5. The van der Waals surface area contributed by atoms with E-state index < -0.39 is 0 Å². The van der Waals surface area contributed by atoms with Crippen LogP contribution >= 0.6 is 0 Å². The zero-order valence-corrected chi connectivity index (χ0v) is 15.6. The van der Waals surface area contributed by atoms with E-state index in [9.17, 15) is 0 Å². The van der Waals surface area contributed by atoms with Gasteiger partial charge in [-0.25, -0.2) is 0 Å². The molecule has 2 heterocycles. The highest BCUT2D eigenvalue weighted by atomic mass is 16.5. The van der Waals surface area contributed by atoms with E-state index in [1.54, 1.807) is 7.11 Å². The highest BCUT2D eigenvalue weighted by molar-refractivity contribution is 5.85. The fraction of sp³-hybridized carbons (Fsp3) is 0.364. The van der Waals surface area contributed by atoms with Crippen LogP contribution in [0.5, 0.6) is 11.5 Å².